The standard InChI is InChI=1S/C18H25N7/c1-2-6-19-17(3-1)24-9-7-23(8-10-24)16-11-22(12-16)13-18-21-20-14-25(18)15-4-5-15/h1-3,6,14-16H,4-5,7-13H2. The fourth-order valence-corrected chi connectivity index (χ4v) is 4.00. The van der Waals surface area contributed by atoms with Crippen LogP contribution >= 0.6 is 0 Å². The van der Waals surface area contributed by atoms with Gasteiger partial charge in [0.1, 0.15) is 18.0 Å². The lowest BCUT2D eigenvalue weighted by molar-refractivity contribution is 0.0233. The Morgan fingerprint density at radius 1 is 1.00 bits per heavy atom. The predicted molar refractivity (Wildman–Crippen MR) is 95.4 cm³/mol. The maximum absolute atomic E-state index is 4.47. The van der Waals surface area contributed by atoms with E-state index in [9.17, 15) is 0 Å². The Hall–Kier alpha value is -1.99. The van der Waals surface area contributed by atoms with E-state index in [0.717, 1.165) is 57.5 Å². The Morgan fingerprint density at radius 3 is 2.56 bits per heavy atom. The molecule has 7 nitrogen and oxygen atoms in total. The third-order valence-corrected chi connectivity index (χ3v) is 5.69. The molecule has 2 saturated heterocycles. The molecule has 0 bridgehead atoms. The van der Waals surface area contributed by atoms with E-state index in [1.165, 1.54) is 12.8 Å². The molecule has 2 aromatic heterocycles. The van der Waals surface area contributed by atoms with Crippen LogP contribution in [0.2, 0.25) is 0 Å². The molecule has 0 amide bonds. The van der Waals surface area contributed by atoms with Crippen LogP contribution in [0.15, 0.2) is 30.7 Å². The lowest BCUT2D eigenvalue weighted by Crippen LogP contribution is -2.62. The van der Waals surface area contributed by atoms with Crippen molar-refractivity contribution in [2.45, 2.75) is 31.5 Å². The first-order valence-corrected chi connectivity index (χ1v) is 9.37. The second kappa shape index (κ2) is 6.38. The average Bonchev–Trinajstić information content (AvgIpc) is 3.37. The third kappa shape index (κ3) is 3.14. The van der Waals surface area contributed by atoms with E-state index in [0.29, 0.717) is 12.1 Å². The van der Waals surface area contributed by atoms with Gasteiger partial charge in [-0.25, -0.2) is 4.98 Å². The van der Waals surface area contributed by atoms with Crippen molar-refractivity contribution < 1.29 is 0 Å². The number of hydrogen-bond acceptors (Lipinski definition) is 6. The highest BCUT2D eigenvalue weighted by Gasteiger charge is 2.35. The summed E-state index contributed by atoms with van der Waals surface area (Å²) in [5.74, 6) is 2.25. The van der Waals surface area contributed by atoms with Crippen molar-refractivity contribution >= 4 is 5.82 Å². The first kappa shape index (κ1) is 15.3. The molecule has 4 heterocycles. The molecule has 5 rings (SSSR count). The molecule has 1 saturated carbocycles. The summed E-state index contributed by atoms with van der Waals surface area (Å²) in [5, 5.41) is 8.43. The van der Waals surface area contributed by atoms with E-state index in [1.807, 2.05) is 18.6 Å². The second-order valence-corrected chi connectivity index (χ2v) is 7.44. The summed E-state index contributed by atoms with van der Waals surface area (Å²) in [7, 11) is 0. The molecule has 1 aliphatic carbocycles. The first-order chi connectivity index (χ1) is 12.4. The molecule has 0 aromatic carbocycles. The van der Waals surface area contributed by atoms with Gasteiger partial charge in [-0.05, 0) is 25.0 Å². The van der Waals surface area contributed by atoms with Crippen LogP contribution in [0.1, 0.15) is 24.7 Å². The summed E-state index contributed by atoms with van der Waals surface area (Å²) in [6.45, 7) is 7.66. The number of rotatable bonds is 5. The number of aromatic nitrogens is 4. The lowest BCUT2D eigenvalue weighted by Gasteiger charge is -2.48. The van der Waals surface area contributed by atoms with Gasteiger partial charge in [-0.2, -0.15) is 0 Å². The van der Waals surface area contributed by atoms with Crippen LogP contribution in [0.3, 0.4) is 0 Å². The van der Waals surface area contributed by atoms with Crippen molar-refractivity contribution in [3.63, 3.8) is 0 Å². The van der Waals surface area contributed by atoms with E-state index < -0.39 is 0 Å². The van der Waals surface area contributed by atoms with Crippen molar-refractivity contribution in [3.8, 4) is 0 Å². The maximum Gasteiger partial charge on any atom is 0.147 e. The molecule has 2 aromatic rings. The van der Waals surface area contributed by atoms with E-state index in [1.54, 1.807) is 0 Å². The normalized spacial score (nSPS) is 23.0. The van der Waals surface area contributed by atoms with E-state index in [2.05, 4.69) is 46.6 Å². The molecule has 3 aliphatic rings. The van der Waals surface area contributed by atoms with Crippen molar-refractivity contribution in [3.05, 3.63) is 36.5 Å². The minimum absolute atomic E-state index is 0.668. The van der Waals surface area contributed by atoms with Gasteiger partial charge in [0.15, 0.2) is 0 Å². The number of hydrogen-bond donors (Lipinski definition) is 0. The highest BCUT2D eigenvalue weighted by molar-refractivity contribution is 5.38. The fourth-order valence-electron chi connectivity index (χ4n) is 4.00. The zero-order valence-corrected chi connectivity index (χ0v) is 14.5. The molecule has 0 spiro atoms. The summed E-state index contributed by atoms with van der Waals surface area (Å²) in [6.07, 6.45) is 6.36. The molecule has 0 atom stereocenters. The Morgan fingerprint density at radius 2 is 1.84 bits per heavy atom. The maximum atomic E-state index is 4.47. The summed E-state index contributed by atoms with van der Waals surface area (Å²) in [5.41, 5.74) is 0. The zero-order valence-electron chi connectivity index (χ0n) is 14.5. The smallest absolute Gasteiger partial charge is 0.147 e. The highest BCUT2D eigenvalue weighted by atomic mass is 15.4. The number of anilines is 1. The molecule has 0 radical (unpaired) electrons. The molecular weight excluding hydrogens is 314 g/mol. The summed E-state index contributed by atoms with van der Waals surface area (Å²) in [6, 6.07) is 7.52. The van der Waals surface area contributed by atoms with Crippen LogP contribution in [0, 0.1) is 0 Å². The highest BCUT2D eigenvalue weighted by Crippen LogP contribution is 2.35. The minimum atomic E-state index is 0.668. The van der Waals surface area contributed by atoms with Crippen LogP contribution in [0.25, 0.3) is 0 Å². The van der Waals surface area contributed by atoms with Crippen molar-refractivity contribution in [2.24, 2.45) is 0 Å². The minimum Gasteiger partial charge on any atom is -0.354 e. The summed E-state index contributed by atoms with van der Waals surface area (Å²) in [4.78, 5) is 12.0. The van der Waals surface area contributed by atoms with Gasteiger partial charge in [-0.1, -0.05) is 6.07 Å². The monoisotopic (exact) mass is 339 g/mol. The number of nitrogens with zero attached hydrogens (tertiary/aromatic N) is 7. The number of piperazine rings is 1. The van der Waals surface area contributed by atoms with Crippen LogP contribution in [0.5, 0.6) is 0 Å². The van der Waals surface area contributed by atoms with Crippen LogP contribution < -0.4 is 4.90 Å². The van der Waals surface area contributed by atoms with Crippen LogP contribution in [-0.4, -0.2) is 74.9 Å². The molecule has 7 heteroatoms. The quantitative estimate of drug-likeness (QED) is 0.811. The van der Waals surface area contributed by atoms with Gasteiger partial charge in [0.05, 0.1) is 6.54 Å². The summed E-state index contributed by atoms with van der Waals surface area (Å²) >= 11 is 0. The molecule has 132 valence electrons. The predicted octanol–water partition coefficient (Wildman–Crippen LogP) is 1.01. The van der Waals surface area contributed by atoms with Gasteiger partial charge in [0, 0.05) is 57.5 Å². The van der Waals surface area contributed by atoms with Gasteiger partial charge in [0.25, 0.3) is 0 Å². The van der Waals surface area contributed by atoms with Crippen molar-refractivity contribution in [1.29, 1.82) is 0 Å². The van der Waals surface area contributed by atoms with Crippen LogP contribution in [0.4, 0.5) is 5.82 Å². The van der Waals surface area contributed by atoms with Crippen molar-refractivity contribution in [2.75, 3.05) is 44.2 Å². The Bertz CT molecular complexity index is 697. The van der Waals surface area contributed by atoms with Gasteiger partial charge in [0.2, 0.25) is 0 Å². The molecule has 2 aliphatic heterocycles. The van der Waals surface area contributed by atoms with Gasteiger partial charge < -0.3 is 9.47 Å². The Labute approximate surface area is 148 Å². The molecular formula is C18H25N7. The third-order valence-electron chi connectivity index (χ3n) is 5.69. The van der Waals surface area contributed by atoms with Gasteiger partial charge in [-0.3, -0.25) is 9.80 Å². The Kier molecular flexibility index (Phi) is 3.90. The zero-order chi connectivity index (χ0) is 16.6. The SMILES string of the molecule is c1ccc(N2CCN(C3CN(Cc4nncn4C4CC4)C3)CC2)nc1. The van der Waals surface area contributed by atoms with E-state index in [4.69, 9.17) is 0 Å². The lowest BCUT2D eigenvalue weighted by atomic mass is 10.1. The molecule has 0 N–H and O–H groups in total. The van der Waals surface area contributed by atoms with E-state index in [-0.39, 0.29) is 0 Å². The van der Waals surface area contributed by atoms with Crippen molar-refractivity contribution in [1.82, 2.24) is 29.5 Å². The average molecular weight is 339 g/mol. The molecule has 25 heavy (non-hydrogen) atoms. The topological polar surface area (TPSA) is 53.3 Å². The Balaban J connectivity index is 1.10. The van der Waals surface area contributed by atoms with Gasteiger partial charge >= 0.3 is 0 Å². The fraction of sp³-hybridized carbons (Fsp3) is 0.611. The largest absolute Gasteiger partial charge is 0.354 e. The molecule has 3 fully saturated rings. The first-order valence-electron chi connectivity index (χ1n) is 9.37. The number of likely N-dealkylation sites (tertiary alicyclic amines) is 1. The number of pyridine rings is 1. The van der Waals surface area contributed by atoms with Crippen LogP contribution in [-0.2, 0) is 6.54 Å². The van der Waals surface area contributed by atoms with Gasteiger partial charge in [-0.15, -0.1) is 10.2 Å². The summed E-state index contributed by atoms with van der Waals surface area (Å²) < 4.78 is 2.28. The second-order valence-electron chi connectivity index (χ2n) is 7.44. The van der Waals surface area contributed by atoms with E-state index >= 15 is 0 Å². The molecule has 0 unspecified atom stereocenters.